The van der Waals surface area contributed by atoms with Crippen LogP contribution >= 0.6 is 11.8 Å². The molecule has 0 spiro atoms. The first kappa shape index (κ1) is 16.5. The Bertz CT molecular complexity index is 417. The molecule has 5 nitrogen and oxygen atoms in total. The monoisotopic (exact) mass is 321 g/mol. The molecular formula is C13H27N3O2S2. The Morgan fingerprint density at radius 1 is 1.20 bits per heavy atom. The second-order valence-corrected chi connectivity index (χ2v) is 10.1. The minimum Gasteiger partial charge on any atom is -0.319 e. The van der Waals surface area contributed by atoms with E-state index in [1.54, 1.807) is 8.61 Å². The third-order valence-corrected chi connectivity index (χ3v) is 7.39. The first-order valence-electron chi connectivity index (χ1n) is 7.39. The molecule has 0 bridgehead atoms. The zero-order chi connectivity index (χ0) is 14.8. The number of rotatable bonds is 4. The molecule has 0 unspecified atom stereocenters. The van der Waals surface area contributed by atoms with Crippen molar-refractivity contribution >= 4 is 22.0 Å². The normalized spacial score (nSPS) is 26.8. The Morgan fingerprint density at radius 3 is 2.40 bits per heavy atom. The van der Waals surface area contributed by atoms with Gasteiger partial charge in [-0.2, -0.15) is 28.8 Å². The van der Waals surface area contributed by atoms with Crippen LogP contribution in [0.2, 0.25) is 0 Å². The summed E-state index contributed by atoms with van der Waals surface area (Å²) in [5, 5.41) is 3.18. The highest BCUT2D eigenvalue weighted by Crippen LogP contribution is 2.32. The topological polar surface area (TPSA) is 52.7 Å². The van der Waals surface area contributed by atoms with Gasteiger partial charge >= 0.3 is 0 Å². The number of nitrogens with one attached hydrogen (secondary N) is 1. The molecule has 1 N–H and O–H groups in total. The summed E-state index contributed by atoms with van der Waals surface area (Å²) in [5.41, 5.74) is 0. The van der Waals surface area contributed by atoms with E-state index in [-0.39, 0.29) is 4.75 Å². The van der Waals surface area contributed by atoms with E-state index in [0.717, 1.165) is 25.1 Å². The Hall–Kier alpha value is 0.180. The molecule has 2 heterocycles. The van der Waals surface area contributed by atoms with Gasteiger partial charge < -0.3 is 5.32 Å². The third-order valence-electron chi connectivity index (χ3n) is 4.11. The summed E-state index contributed by atoms with van der Waals surface area (Å²) in [6, 6.07) is 0. The quantitative estimate of drug-likeness (QED) is 0.839. The molecular weight excluding hydrogens is 294 g/mol. The average Bonchev–Trinajstić information content (AvgIpc) is 2.38. The second kappa shape index (κ2) is 6.52. The standard InChI is InChI=1S/C13H27N3O2S2/c1-13(2)11-16(8-9-19-13)20(17,18)15-6-4-12(5-7-15)10-14-3/h12,14H,4-11H2,1-3H3. The molecule has 118 valence electrons. The molecule has 0 aromatic carbocycles. The lowest BCUT2D eigenvalue weighted by Crippen LogP contribution is -2.53. The minimum absolute atomic E-state index is 0.0236. The largest absolute Gasteiger partial charge is 0.319 e. The zero-order valence-corrected chi connectivity index (χ0v) is 14.4. The summed E-state index contributed by atoms with van der Waals surface area (Å²) in [5.74, 6) is 1.50. The minimum atomic E-state index is -3.26. The van der Waals surface area contributed by atoms with Gasteiger partial charge in [-0.05, 0) is 46.2 Å². The van der Waals surface area contributed by atoms with Gasteiger partial charge in [-0.3, -0.25) is 0 Å². The molecule has 2 aliphatic heterocycles. The van der Waals surface area contributed by atoms with Gasteiger partial charge in [0.2, 0.25) is 0 Å². The van der Waals surface area contributed by atoms with Crippen molar-refractivity contribution in [2.24, 2.45) is 5.92 Å². The Balaban J connectivity index is 1.97. The van der Waals surface area contributed by atoms with Crippen LogP contribution < -0.4 is 5.32 Å². The van der Waals surface area contributed by atoms with Gasteiger partial charge in [0.25, 0.3) is 10.2 Å². The molecule has 2 saturated heterocycles. The lowest BCUT2D eigenvalue weighted by Gasteiger charge is -2.40. The summed E-state index contributed by atoms with van der Waals surface area (Å²) in [6.07, 6.45) is 1.93. The average molecular weight is 322 g/mol. The van der Waals surface area contributed by atoms with E-state index in [9.17, 15) is 8.42 Å². The molecule has 0 aliphatic carbocycles. The van der Waals surface area contributed by atoms with Crippen LogP contribution in [0.3, 0.4) is 0 Å². The van der Waals surface area contributed by atoms with Gasteiger partial charge in [-0.15, -0.1) is 0 Å². The van der Waals surface area contributed by atoms with Crippen LogP contribution in [0.15, 0.2) is 0 Å². The fourth-order valence-electron chi connectivity index (χ4n) is 2.97. The summed E-state index contributed by atoms with van der Waals surface area (Å²) >= 11 is 1.86. The second-order valence-electron chi connectivity index (χ2n) is 6.35. The number of nitrogens with zero attached hydrogens (tertiary/aromatic N) is 2. The number of thioether (sulfide) groups is 1. The Morgan fingerprint density at radius 2 is 1.85 bits per heavy atom. The highest BCUT2D eigenvalue weighted by Gasteiger charge is 2.38. The van der Waals surface area contributed by atoms with Crippen LogP contribution in [0.1, 0.15) is 26.7 Å². The molecule has 20 heavy (non-hydrogen) atoms. The van der Waals surface area contributed by atoms with Crippen molar-refractivity contribution < 1.29 is 8.42 Å². The molecule has 0 saturated carbocycles. The van der Waals surface area contributed by atoms with Crippen LogP contribution in [0.4, 0.5) is 0 Å². The van der Waals surface area contributed by atoms with E-state index in [4.69, 9.17) is 0 Å². The maximum absolute atomic E-state index is 12.7. The van der Waals surface area contributed by atoms with Gasteiger partial charge in [-0.25, -0.2) is 0 Å². The van der Waals surface area contributed by atoms with Crippen molar-refractivity contribution in [1.82, 2.24) is 13.9 Å². The molecule has 0 amide bonds. The molecule has 7 heteroatoms. The lowest BCUT2D eigenvalue weighted by atomic mass is 9.98. The van der Waals surface area contributed by atoms with Gasteiger partial charge in [0.05, 0.1) is 0 Å². The van der Waals surface area contributed by atoms with Crippen LogP contribution in [0, 0.1) is 5.92 Å². The predicted octanol–water partition coefficient (Wildman–Crippen LogP) is 0.990. The van der Waals surface area contributed by atoms with Crippen molar-refractivity contribution in [1.29, 1.82) is 0 Å². The van der Waals surface area contributed by atoms with Gasteiger partial charge in [-0.1, -0.05) is 0 Å². The van der Waals surface area contributed by atoms with Crippen LogP contribution in [-0.4, -0.2) is 67.3 Å². The molecule has 0 aromatic rings. The smallest absolute Gasteiger partial charge is 0.282 e. The summed E-state index contributed by atoms with van der Waals surface area (Å²) in [4.78, 5) is 0. The SMILES string of the molecule is CNCC1CCN(S(=O)(=O)N2CCSC(C)(C)C2)CC1. The van der Waals surface area contributed by atoms with Crippen molar-refractivity contribution in [2.45, 2.75) is 31.4 Å². The molecule has 2 rings (SSSR count). The van der Waals surface area contributed by atoms with E-state index < -0.39 is 10.2 Å². The first-order chi connectivity index (χ1) is 9.35. The fourth-order valence-corrected chi connectivity index (χ4v) is 6.08. The van der Waals surface area contributed by atoms with E-state index in [1.165, 1.54) is 0 Å². The lowest BCUT2D eigenvalue weighted by molar-refractivity contribution is 0.249. The summed E-state index contributed by atoms with van der Waals surface area (Å²) in [7, 11) is -1.31. The van der Waals surface area contributed by atoms with Crippen LogP contribution in [0.5, 0.6) is 0 Å². The number of piperidine rings is 1. The van der Waals surface area contributed by atoms with Crippen molar-refractivity contribution in [2.75, 3.05) is 45.5 Å². The molecule has 2 aliphatic rings. The first-order valence-corrected chi connectivity index (χ1v) is 9.77. The molecule has 0 radical (unpaired) electrons. The number of hydrogen-bond acceptors (Lipinski definition) is 4. The van der Waals surface area contributed by atoms with E-state index in [2.05, 4.69) is 19.2 Å². The molecule has 2 fully saturated rings. The fraction of sp³-hybridized carbons (Fsp3) is 1.00. The van der Waals surface area contributed by atoms with E-state index in [1.807, 2.05) is 18.8 Å². The van der Waals surface area contributed by atoms with E-state index >= 15 is 0 Å². The Labute approximate surface area is 127 Å². The van der Waals surface area contributed by atoms with Gasteiger partial charge in [0, 0.05) is 36.7 Å². The van der Waals surface area contributed by atoms with Gasteiger partial charge in [0.15, 0.2) is 0 Å². The van der Waals surface area contributed by atoms with Crippen LogP contribution in [-0.2, 0) is 10.2 Å². The third kappa shape index (κ3) is 3.88. The number of hydrogen-bond donors (Lipinski definition) is 1. The predicted molar refractivity (Wildman–Crippen MR) is 85.3 cm³/mol. The van der Waals surface area contributed by atoms with Crippen molar-refractivity contribution in [3.05, 3.63) is 0 Å². The summed E-state index contributed by atoms with van der Waals surface area (Å²) < 4.78 is 28.8. The summed E-state index contributed by atoms with van der Waals surface area (Å²) in [6.45, 7) is 7.83. The van der Waals surface area contributed by atoms with Crippen molar-refractivity contribution in [3.8, 4) is 0 Å². The molecule has 0 atom stereocenters. The highest BCUT2D eigenvalue weighted by atomic mass is 32.2. The van der Waals surface area contributed by atoms with Gasteiger partial charge in [0.1, 0.15) is 0 Å². The maximum Gasteiger partial charge on any atom is 0.282 e. The molecule has 0 aromatic heterocycles. The van der Waals surface area contributed by atoms with Crippen molar-refractivity contribution in [3.63, 3.8) is 0 Å². The maximum atomic E-state index is 12.7. The zero-order valence-electron chi connectivity index (χ0n) is 12.8. The highest BCUT2D eigenvalue weighted by molar-refractivity contribution is 8.00. The van der Waals surface area contributed by atoms with E-state index in [0.29, 0.717) is 32.1 Å². The Kier molecular flexibility index (Phi) is 5.40. The van der Waals surface area contributed by atoms with Crippen LogP contribution in [0.25, 0.3) is 0 Å².